The number of hydrogen-bond donors (Lipinski definition) is 1. The molecule has 0 spiro atoms. The first-order valence-electron chi connectivity index (χ1n) is 6.90. The van der Waals surface area contributed by atoms with Crippen LogP contribution in [0.1, 0.15) is 20.8 Å². The molecule has 0 atom stereocenters. The van der Waals surface area contributed by atoms with Gasteiger partial charge in [0.15, 0.2) is 5.58 Å². The molecule has 1 N–H and O–H groups in total. The minimum Gasteiger partial charge on any atom is -0.408 e. The molecular formula is C15H20N2O4. The van der Waals surface area contributed by atoms with Crippen molar-refractivity contribution in [3.8, 4) is 0 Å². The van der Waals surface area contributed by atoms with Crippen LogP contribution in [0.3, 0.4) is 0 Å². The Hall–Kier alpha value is -2.08. The van der Waals surface area contributed by atoms with Crippen LogP contribution in [0.15, 0.2) is 33.5 Å². The summed E-state index contributed by atoms with van der Waals surface area (Å²) >= 11 is 0. The molecular weight excluding hydrogens is 272 g/mol. The van der Waals surface area contributed by atoms with E-state index in [0.717, 1.165) is 0 Å². The number of oxazole rings is 1. The Labute approximate surface area is 122 Å². The van der Waals surface area contributed by atoms with Crippen molar-refractivity contribution < 1.29 is 14.3 Å². The van der Waals surface area contributed by atoms with Gasteiger partial charge in [0.05, 0.1) is 11.1 Å². The maximum absolute atomic E-state index is 12.3. The number of benzene rings is 1. The van der Waals surface area contributed by atoms with Gasteiger partial charge in [0.2, 0.25) is 5.91 Å². The number of aliphatic hydroxyl groups is 1. The first kappa shape index (κ1) is 15.3. The zero-order chi connectivity index (χ0) is 15.6. The molecule has 0 unspecified atom stereocenters. The molecule has 0 aliphatic rings. The van der Waals surface area contributed by atoms with Gasteiger partial charge in [0.25, 0.3) is 0 Å². The average molecular weight is 292 g/mol. The van der Waals surface area contributed by atoms with Crippen molar-refractivity contribution >= 4 is 17.0 Å². The molecule has 21 heavy (non-hydrogen) atoms. The van der Waals surface area contributed by atoms with E-state index in [4.69, 9.17) is 4.42 Å². The van der Waals surface area contributed by atoms with Crippen molar-refractivity contribution in [2.24, 2.45) is 0 Å². The topological polar surface area (TPSA) is 75.7 Å². The van der Waals surface area contributed by atoms with Gasteiger partial charge in [-0.15, -0.1) is 0 Å². The zero-order valence-electron chi connectivity index (χ0n) is 12.5. The van der Waals surface area contributed by atoms with Crippen LogP contribution in [0.2, 0.25) is 0 Å². The number of hydrogen-bond acceptors (Lipinski definition) is 4. The summed E-state index contributed by atoms with van der Waals surface area (Å²) in [6, 6.07) is 6.97. The average Bonchev–Trinajstić information content (AvgIpc) is 2.71. The minimum atomic E-state index is -0.977. The molecule has 1 aromatic heterocycles. The predicted octanol–water partition coefficient (Wildman–Crippen LogP) is 1.21. The molecule has 0 bridgehead atoms. The summed E-state index contributed by atoms with van der Waals surface area (Å²) in [6.45, 7) is 5.70. The van der Waals surface area contributed by atoms with Crippen molar-refractivity contribution in [2.75, 3.05) is 13.1 Å². The van der Waals surface area contributed by atoms with E-state index in [1.54, 1.807) is 38.1 Å². The molecule has 6 nitrogen and oxygen atoms in total. The minimum absolute atomic E-state index is 0.0975. The molecule has 2 rings (SSSR count). The fraction of sp³-hybridized carbons (Fsp3) is 0.467. The number of nitrogens with zero attached hydrogens (tertiary/aromatic N) is 2. The van der Waals surface area contributed by atoms with Gasteiger partial charge in [-0.25, -0.2) is 4.79 Å². The molecule has 0 aliphatic carbocycles. The fourth-order valence-corrected chi connectivity index (χ4v) is 2.24. The van der Waals surface area contributed by atoms with Gasteiger partial charge < -0.3 is 14.4 Å². The Morgan fingerprint density at radius 1 is 1.38 bits per heavy atom. The number of rotatable bonds is 5. The lowest BCUT2D eigenvalue weighted by Crippen LogP contribution is -2.44. The van der Waals surface area contributed by atoms with E-state index in [2.05, 4.69) is 0 Å². The quantitative estimate of drug-likeness (QED) is 0.899. The molecule has 6 heteroatoms. The Bertz CT molecular complexity index is 693. The van der Waals surface area contributed by atoms with Crippen molar-refractivity contribution in [1.29, 1.82) is 0 Å². The second-order valence-corrected chi connectivity index (χ2v) is 5.64. The normalized spacial score (nSPS) is 11.8. The highest BCUT2D eigenvalue weighted by Gasteiger charge is 2.22. The zero-order valence-corrected chi connectivity index (χ0v) is 12.5. The van der Waals surface area contributed by atoms with E-state index in [1.165, 1.54) is 9.47 Å². The van der Waals surface area contributed by atoms with Crippen LogP contribution in [0.4, 0.5) is 0 Å². The van der Waals surface area contributed by atoms with Gasteiger partial charge in [-0.1, -0.05) is 12.1 Å². The van der Waals surface area contributed by atoms with Gasteiger partial charge in [-0.05, 0) is 32.9 Å². The van der Waals surface area contributed by atoms with E-state index in [-0.39, 0.29) is 19.0 Å². The van der Waals surface area contributed by atoms with E-state index in [0.29, 0.717) is 17.6 Å². The Kier molecular flexibility index (Phi) is 4.18. The highest BCUT2D eigenvalue weighted by molar-refractivity contribution is 5.79. The Balaban J connectivity index is 2.25. The van der Waals surface area contributed by atoms with Crippen molar-refractivity contribution in [1.82, 2.24) is 9.47 Å². The monoisotopic (exact) mass is 292 g/mol. The first-order valence-corrected chi connectivity index (χ1v) is 6.90. The number of fused-ring (bicyclic) bond motifs is 1. The van der Waals surface area contributed by atoms with Crippen LogP contribution >= 0.6 is 0 Å². The molecule has 0 saturated heterocycles. The highest BCUT2D eigenvalue weighted by Crippen LogP contribution is 2.12. The lowest BCUT2D eigenvalue weighted by Gasteiger charge is -2.28. The van der Waals surface area contributed by atoms with Gasteiger partial charge in [0.1, 0.15) is 6.54 Å². The SMILES string of the molecule is CCN(CC(C)(C)O)C(=O)Cn1c(=O)oc2ccccc21. The summed E-state index contributed by atoms with van der Waals surface area (Å²) in [5.41, 5.74) is 0.0748. The first-order chi connectivity index (χ1) is 9.81. The smallest absolute Gasteiger partial charge is 0.408 e. The lowest BCUT2D eigenvalue weighted by atomic mass is 10.1. The Morgan fingerprint density at radius 2 is 2.05 bits per heavy atom. The largest absolute Gasteiger partial charge is 0.420 e. The second-order valence-electron chi connectivity index (χ2n) is 5.64. The lowest BCUT2D eigenvalue weighted by molar-refractivity contribution is -0.134. The molecule has 1 heterocycles. The molecule has 1 aromatic carbocycles. The van der Waals surface area contributed by atoms with Crippen molar-refractivity contribution in [3.63, 3.8) is 0 Å². The van der Waals surface area contributed by atoms with Gasteiger partial charge >= 0.3 is 5.76 Å². The molecule has 114 valence electrons. The second kappa shape index (κ2) is 5.73. The van der Waals surface area contributed by atoms with Crippen LogP contribution in [0.25, 0.3) is 11.1 Å². The molecule has 0 saturated carbocycles. The van der Waals surface area contributed by atoms with Crippen LogP contribution < -0.4 is 5.76 Å². The third-order valence-electron chi connectivity index (χ3n) is 3.18. The summed E-state index contributed by atoms with van der Waals surface area (Å²) in [6.07, 6.45) is 0. The van der Waals surface area contributed by atoms with Gasteiger partial charge in [-0.2, -0.15) is 0 Å². The van der Waals surface area contributed by atoms with Crippen LogP contribution in [-0.4, -0.2) is 39.2 Å². The Morgan fingerprint density at radius 3 is 2.67 bits per heavy atom. The summed E-state index contributed by atoms with van der Waals surface area (Å²) in [5, 5.41) is 9.84. The summed E-state index contributed by atoms with van der Waals surface area (Å²) in [4.78, 5) is 25.7. The maximum atomic E-state index is 12.3. The van der Waals surface area contributed by atoms with E-state index >= 15 is 0 Å². The summed E-state index contributed by atoms with van der Waals surface area (Å²) < 4.78 is 6.41. The van der Waals surface area contributed by atoms with E-state index < -0.39 is 11.4 Å². The van der Waals surface area contributed by atoms with E-state index in [1.807, 2.05) is 6.92 Å². The molecule has 0 aliphatic heterocycles. The number of carbonyl (C=O) groups excluding carboxylic acids is 1. The number of likely N-dealkylation sites (N-methyl/N-ethyl adjacent to an activating group) is 1. The number of carbonyl (C=O) groups is 1. The van der Waals surface area contributed by atoms with Crippen LogP contribution in [0, 0.1) is 0 Å². The maximum Gasteiger partial charge on any atom is 0.420 e. The molecule has 2 aromatic rings. The summed E-state index contributed by atoms with van der Waals surface area (Å²) in [5.74, 6) is -0.780. The number of amides is 1. The van der Waals surface area contributed by atoms with Crippen molar-refractivity contribution in [2.45, 2.75) is 32.9 Å². The number of para-hydroxylation sites is 2. The molecule has 0 radical (unpaired) electrons. The standard InChI is InChI=1S/C15H20N2O4/c1-4-16(10-15(2,3)20)13(18)9-17-11-7-5-6-8-12(11)21-14(17)19/h5-8,20H,4,9-10H2,1-3H3. The third-order valence-corrected chi connectivity index (χ3v) is 3.18. The van der Waals surface area contributed by atoms with Crippen molar-refractivity contribution in [3.05, 3.63) is 34.8 Å². The van der Waals surface area contributed by atoms with E-state index in [9.17, 15) is 14.7 Å². The molecule has 1 amide bonds. The molecule has 0 fully saturated rings. The van der Waals surface area contributed by atoms with Crippen LogP contribution in [0.5, 0.6) is 0 Å². The summed E-state index contributed by atoms with van der Waals surface area (Å²) in [7, 11) is 0. The van der Waals surface area contributed by atoms with Gasteiger partial charge in [-0.3, -0.25) is 9.36 Å². The fourth-order valence-electron chi connectivity index (χ4n) is 2.24. The predicted molar refractivity (Wildman–Crippen MR) is 79.0 cm³/mol. The highest BCUT2D eigenvalue weighted by atomic mass is 16.4. The third kappa shape index (κ3) is 3.52. The number of aromatic nitrogens is 1. The van der Waals surface area contributed by atoms with Gasteiger partial charge in [0, 0.05) is 13.1 Å². The van der Waals surface area contributed by atoms with Crippen LogP contribution in [-0.2, 0) is 11.3 Å².